The first-order valence-electron chi connectivity index (χ1n) is 6.68. The van der Waals surface area contributed by atoms with Crippen molar-refractivity contribution in [2.75, 3.05) is 13.6 Å². The summed E-state index contributed by atoms with van der Waals surface area (Å²) >= 11 is 5.87. The van der Waals surface area contributed by atoms with Crippen molar-refractivity contribution in [1.82, 2.24) is 8.87 Å². The number of halogens is 1. The Bertz CT molecular complexity index is 497. The molecule has 1 aromatic heterocycles. The molecule has 0 amide bonds. The summed E-state index contributed by atoms with van der Waals surface area (Å²) in [6, 6.07) is 1.68. The molecule has 0 aromatic carbocycles. The van der Waals surface area contributed by atoms with E-state index in [1.54, 1.807) is 19.3 Å². The molecule has 0 aliphatic heterocycles. The minimum absolute atomic E-state index is 0.328. The van der Waals surface area contributed by atoms with Crippen LogP contribution >= 0.6 is 11.6 Å². The van der Waals surface area contributed by atoms with E-state index in [4.69, 9.17) is 11.6 Å². The zero-order chi connectivity index (χ0) is 14.5. The van der Waals surface area contributed by atoms with E-state index in [1.165, 1.54) is 4.31 Å². The standard InChI is InChI=1S/C13H23ClN2O2S/c1-4-6-8-15(3)19(17,18)13-9-12(10-14)16(11-13)7-5-2/h9,11H,4-8,10H2,1-3H3. The van der Waals surface area contributed by atoms with Gasteiger partial charge in [0.1, 0.15) is 4.90 Å². The lowest BCUT2D eigenvalue weighted by atomic mass is 10.3. The predicted molar refractivity (Wildman–Crippen MR) is 79.0 cm³/mol. The highest BCUT2D eigenvalue weighted by atomic mass is 35.5. The van der Waals surface area contributed by atoms with Crippen LogP contribution < -0.4 is 0 Å². The van der Waals surface area contributed by atoms with Crippen LogP contribution in [-0.4, -0.2) is 30.9 Å². The molecule has 110 valence electrons. The quantitative estimate of drug-likeness (QED) is 0.693. The second-order valence-corrected chi connectivity index (χ2v) is 6.99. The van der Waals surface area contributed by atoms with Crippen molar-refractivity contribution in [1.29, 1.82) is 0 Å². The topological polar surface area (TPSA) is 42.3 Å². The van der Waals surface area contributed by atoms with E-state index in [9.17, 15) is 8.42 Å². The average molecular weight is 307 g/mol. The Morgan fingerprint density at radius 3 is 2.53 bits per heavy atom. The molecule has 0 saturated carbocycles. The van der Waals surface area contributed by atoms with Crippen LogP contribution in [-0.2, 0) is 22.4 Å². The van der Waals surface area contributed by atoms with Gasteiger partial charge < -0.3 is 4.57 Å². The summed E-state index contributed by atoms with van der Waals surface area (Å²) in [7, 11) is -1.76. The molecule has 1 rings (SSSR count). The molecule has 0 unspecified atom stereocenters. The van der Waals surface area contributed by atoms with Crippen LogP contribution in [0.2, 0.25) is 0 Å². The van der Waals surface area contributed by atoms with Gasteiger partial charge in [-0.25, -0.2) is 12.7 Å². The molecule has 0 N–H and O–H groups in total. The maximum absolute atomic E-state index is 12.4. The highest BCUT2D eigenvalue weighted by Gasteiger charge is 2.22. The molecule has 1 heterocycles. The van der Waals surface area contributed by atoms with Gasteiger partial charge in [-0.1, -0.05) is 20.3 Å². The van der Waals surface area contributed by atoms with E-state index in [1.807, 2.05) is 11.5 Å². The lowest BCUT2D eigenvalue weighted by Crippen LogP contribution is -2.27. The Hall–Kier alpha value is -0.520. The van der Waals surface area contributed by atoms with Gasteiger partial charge in [0.15, 0.2) is 0 Å². The van der Waals surface area contributed by atoms with Crippen LogP contribution in [0.1, 0.15) is 38.8 Å². The zero-order valence-electron chi connectivity index (χ0n) is 11.9. The molecule has 0 aliphatic rings. The smallest absolute Gasteiger partial charge is 0.244 e. The summed E-state index contributed by atoms with van der Waals surface area (Å²) in [6.45, 7) is 5.44. The lowest BCUT2D eigenvalue weighted by molar-refractivity contribution is 0.459. The fourth-order valence-corrected chi connectivity index (χ4v) is 3.41. The fraction of sp³-hybridized carbons (Fsp3) is 0.692. The zero-order valence-corrected chi connectivity index (χ0v) is 13.5. The first kappa shape index (κ1) is 16.5. The van der Waals surface area contributed by atoms with Crippen molar-refractivity contribution >= 4 is 21.6 Å². The Morgan fingerprint density at radius 2 is 2.00 bits per heavy atom. The number of unbranched alkanes of at least 4 members (excludes halogenated alkanes) is 1. The van der Waals surface area contributed by atoms with Gasteiger partial charge in [0.25, 0.3) is 0 Å². The molecule has 1 aromatic rings. The van der Waals surface area contributed by atoms with Gasteiger partial charge >= 0.3 is 0 Å². The highest BCUT2D eigenvalue weighted by molar-refractivity contribution is 7.89. The van der Waals surface area contributed by atoms with Gasteiger partial charge in [-0.3, -0.25) is 0 Å². The maximum Gasteiger partial charge on any atom is 0.244 e. The average Bonchev–Trinajstić information content (AvgIpc) is 2.80. The van der Waals surface area contributed by atoms with Gasteiger partial charge in [0, 0.05) is 32.0 Å². The van der Waals surface area contributed by atoms with E-state index in [0.717, 1.165) is 31.5 Å². The second-order valence-electron chi connectivity index (χ2n) is 4.67. The molecule has 0 saturated heterocycles. The molecule has 19 heavy (non-hydrogen) atoms. The first-order valence-corrected chi connectivity index (χ1v) is 8.66. The lowest BCUT2D eigenvalue weighted by Gasteiger charge is -2.15. The number of aryl methyl sites for hydroxylation is 1. The molecule has 6 heteroatoms. The van der Waals surface area contributed by atoms with Crippen LogP contribution in [0.25, 0.3) is 0 Å². The number of aromatic nitrogens is 1. The van der Waals surface area contributed by atoms with Gasteiger partial charge in [0.2, 0.25) is 10.0 Å². The van der Waals surface area contributed by atoms with Crippen LogP contribution in [0, 0.1) is 0 Å². The van der Waals surface area contributed by atoms with Crippen LogP contribution in [0.15, 0.2) is 17.2 Å². The van der Waals surface area contributed by atoms with Crippen LogP contribution in [0.4, 0.5) is 0 Å². The van der Waals surface area contributed by atoms with E-state index >= 15 is 0 Å². The molecule has 0 aliphatic carbocycles. The van der Waals surface area contributed by atoms with Crippen molar-refractivity contribution in [3.8, 4) is 0 Å². The number of alkyl halides is 1. The number of hydrogen-bond donors (Lipinski definition) is 0. The Balaban J connectivity index is 3.01. The minimum Gasteiger partial charge on any atom is -0.349 e. The number of rotatable bonds is 8. The predicted octanol–water partition coefficient (Wildman–Crippen LogP) is 3.06. The molecular weight excluding hydrogens is 284 g/mol. The molecule has 4 nitrogen and oxygen atoms in total. The Kier molecular flexibility index (Phi) is 6.36. The van der Waals surface area contributed by atoms with E-state index in [2.05, 4.69) is 6.92 Å². The van der Waals surface area contributed by atoms with Gasteiger partial charge in [-0.05, 0) is 18.9 Å². The van der Waals surface area contributed by atoms with Crippen molar-refractivity contribution < 1.29 is 8.42 Å². The molecule has 0 fully saturated rings. The van der Waals surface area contributed by atoms with Crippen molar-refractivity contribution in [3.05, 3.63) is 18.0 Å². The second kappa shape index (κ2) is 7.31. The van der Waals surface area contributed by atoms with Crippen molar-refractivity contribution in [2.45, 2.75) is 50.4 Å². The molecular formula is C13H23ClN2O2S. The highest BCUT2D eigenvalue weighted by Crippen LogP contribution is 2.20. The van der Waals surface area contributed by atoms with Crippen LogP contribution in [0.3, 0.4) is 0 Å². The minimum atomic E-state index is -3.39. The molecule has 0 bridgehead atoms. The first-order chi connectivity index (χ1) is 8.97. The van der Waals surface area contributed by atoms with Gasteiger partial charge in [-0.2, -0.15) is 0 Å². The monoisotopic (exact) mass is 306 g/mol. The summed E-state index contributed by atoms with van der Waals surface area (Å²) < 4.78 is 28.1. The summed E-state index contributed by atoms with van der Waals surface area (Å²) in [6.07, 6.45) is 4.49. The Labute approximate surface area is 121 Å². The fourth-order valence-electron chi connectivity index (χ4n) is 1.91. The summed E-state index contributed by atoms with van der Waals surface area (Å²) in [5.41, 5.74) is 0.853. The third kappa shape index (κ3) is 3.97. The summed E-state index contributed by atoms with van der Waals surface area (Å²) in [5, 5.41) is 0. The van der Waals surface area contributed by atoms with E-state index in [0.29, 0.717) is 17.3 Å². The summed E-state index contributed by atoms with van der Waals surface area (Å²) in [4.78, 5) is 0.343. The maximum atomic E-state index is 12.4. The third-order valence-corrected chi connectivity index (χ3v) is 5.19. The molecule has 0 atom stereocenters. The SMILES string of the molecule is CCCCN(C)S(=O)(=O)c1cc(CCl)n(CCC)c1. The number of sulfonamides is 1. The van der Waals surface area contributed by atoms with Gasteiger partial charge in [-0.15, -0.1) is 11.6 Å². The van der Waals surface area contributed by atoms with Crippen molar-refractivity contribution in [2.24, 2.45) is 0 Å². The third-order valence-electron chi connectivity index (χ3n) is 3.10. The van der Waals surface area contributed by atoms with Crippen molar-refractivity contribution in [3.63, 3.8) is 0 Å². The van der Waals surface area contributed by atoms with E-state index in [-0.39, 0.29) is 0 Å². The largest absolute Gasteiger partial charge is 0.349 e. The summed E-state index contributed by atoms with van der Waals surface area (Å²) in [5.74, 6) is 0.328. The van der Waals surface area contributed by atoms with Gasteiger partial charge in [0.05, 0.1) is 5.88 Å². The molecule has 0 radical (unpaired) electrons. The number of nitrogens with zero attached hydrogens (tertiary/aromatic N) is 2. The normalized spacial score (nSPS) is 12.3. The van der Waals surface area contributed by atoms with Crippen LogP contribution in [0.5, 0.6) is 0 Å². The van der Waals surface area contributed by atoms with E-state index < -0.39 is 10.0 Å². The Morgan fingerprint density at radius 1 is 1.32 bits per heavy atom. The molecule has 0 spiro atoms. The number of hydrogen-bond acceptors (Lipinski definition) is 2.